The number of nitrogens with two attached hydrogens (primary N) is 2. The topological polar surface area (TPSA) is 111 Å². The van der Waals surface area contributed by atoms with Crippen molar-refractivity contribution in [3.05, 3.63) is 83.9 Å². The molecule has 0 saturated carbocycles. The number of hydrazone groups is 1. The van der Waals surface area contributed by atoms with Crippen molar-refractivity contribution in [3.63, 3.8) is 0 Å². The molecule has 0 aliphatic rings. The summed E-state index contributed by atoms with van der Waals surface area (Å²) in [6.07, 6.45) is 1.62. The monoisotopic (exact) mass is 466 g/mol. The van der Waals surface area contributed by atoms with Crippen molar-refractivity contribution < 1.29 is 13.2 Å². The van der Waals surface area contributed by atoms with E-state index in [1.807, 2.05) is 42.5 Å². The Hall–Kier alpha value is -3.20. The Kier molecular flexibility index (Phi) is 8.21. The molecule has 3 rings (SSSR count). The second-order valence-corrected chi connectivity index (χ2v) is 9.41. The second-order valence-electron chi connectivity index (χ2n) is 7.88. The van der Waals surface area contributed by atoms with Crippen molar-refractivity contribution in [2.45, 2.75) is 17.7 Å². The SMILES string of the molecule is COCCN(CC(C)c1ccc(-c2ccccc2S(N)(=O)=O)cc1)c1cccc(C=NN)c1. The van der Waals surface area contributed by atoms with Gasteiger partial charge in [0.25, 0.3) is 0 Å². The molecule has 1 atom stereocenters. The minimum atomic E-state index is -3.81. The number of hydrogen-bond donors (Lipinski definition) is 2. The van der Waals surface area contributed by atoms with Crippen molar-refractivity contribution in [3.8, 4) is 11.1 Å². The number of rotatable bonds is 10. The lowest BCUT2D eigenvalue weighted by Gasteiger charge is -2.28. The molecule has 33 heavy (non-hydrogen) atoms. The van der Waals surface area contributed by atoms with Crippen LogP contribution in [0.5, 0.6) is 0 Å². The third kappa shape index (κ3) is 6.41. The lowest BCUT2D eigenvalue weighted by molar-refractivity contribution is 0.205. The van der Waals surface area contributed by atoms with Gasteiger partial charge in [0, 0.05) is 31.5 Å². The number of anilines is 1. The van der Waals surface area contributed by atoms with E-state index >= 15 is 0 Å². The van der Waals surface area contributed by atoms with E-state index in [0.29, 0.717) is 12.2 Å². The van der Waals surface area contributed by atoms with Crippen LogP contribution in [0.2, 0.25) is 0 Å². The highest BCUT2D eigenvalue weighted by molar-refractivity contribution is 7.89. The first-order chi connectivity index (χ1) is 15.8. The minimum absolute atomic E-state index is 0.123. The molecule has 174 valence electrons. The van der Waals surface area contributed by atoms with Crippen LogP contribution < -0.4 is 15.9 Å². The maximum Gasteiger partial charge on any atom is 0.238 e. The average Bonchev–Trinajstić information content (AvgIpc) is 2.81. The molecule has 3 aromatic rings. The number of nitrogens with zero attached hydrogens (tertiary/aromatic N) is 2. The van der Waals surface area contributed by atoms with Crippen LogP contribution in [-0.4, -0.2) is 41.4 Å². The molecule has 0 radical (unpaired) electrons. The van der Waals surface area contributed by atoms with Crippen LogP contribution in [0.15, 0.2) is 82.8 Å². The zero-order valence-electron chi connectivity index (χ0n) is 18.9. The smallest absolute Gasteiger partial charge is 0.238 e. The lowest BCUT2D eigenvalue weighted by atomic mass is 9.96. The van der Waals surface area contributed by atoms with E-state index in [4.69, 9.17) is 15.7 Å². The lowest BCUT2D eigenvalue weighted by Crippen LogP contribution is -2.31. The van der Waals surface area contributed by atoms with Crippen LogP contribution in [0.4, 0.5) is 5.69 Å². The van der Waals surface area contributed by atoms with Gasteiger partial charge in [-0.2, -0.15) is 5.10 Å². The Morgan fingerprint density at radius 2 is 1.79 bits per heavy atom. The summed E-state index contributed by atoms with van der Waals surface area (Å²) >= 11 is 0. The highest BCUT2D eigenvalue weighted by atomic mass is 32.2. The second kappa shape index (κ2) is 11.1. The summed E-state index contributed by atoms with van der Waals surface area (Å²) in [5, 5.41) is 9.01. The van der Waals surface area contributed by atoms with E-state index < -0.39 is 10.0 Å². The maximum atomic E-state index is 12.0. The first kappa shape index (κ1) is 24.4. The molecule has 0 saturated heterocycles. The molecule has 4 N–H and O–H groups in total. The number of sulfonamides is 1. The van der Waals surface area contributed by atoms with E-state index in [9.17, 15) is 8.42 Å². The predicted molar refractivity (Wildman–Crippen MR) is 134 cm³/mol. The van der Waals surface area contributed by atoms with Crippen LogP contribution in [0.3, 0.4) is 0 Å². The van der Waals surface area contributed by atoms with Gasteiger partial charge in [0.2, 0.25) is 10.0 Å². The molecule has 8 heteroatoms. The molecule has 0 aromatic heterocycles. The minimum Gasteiger partial charge on any atom is -0.383 e. The van der Waals surface area contributed by atoms with Gasteiger partial charge in [0.1, 0.15) is 0 Å². The Balaban J connectivity index is 1.83. The first-order valence-electron chi connectivity index (χ1n) is 10.6. The van der Waals surface area contributed by atoms with Crippen LogP contribution >= 0.6 is 0 Å². The van der Waals surface area contributed by atoms with E-state index in [0.717, 1.165) is 35.5 Å². The van der Waals surface area contributed by atoms with Gasteiger partial charge in [0.15, 0.2) is 0 Å². The fourth-order valence-corrected chi connectivity index (χ4v) is 4.56. The molecule has 0 spiro atoms. The van der Waals surface area contributed by atoms with Crippen LogP contribution in [0.1, 0.15) is 24.0 Å². The fraction of sp³-hybridized carbons (Fsp3) is 0.240. The van der Waals surface area contributed by atoms with Crippen molar-refractivity contribution in [2.24, 2.45) is 16.1 Å². The van der Waals surface area contributed by atoms with Crippen molar-refractivity contribution in [1.29, 1.82) is 0 Å². The van der Waals surface area contributed by atoms with Gasteiger partial charge in [-0.1, -0.05) is 61.5 Å². The number of hydrogen-bond acceptors (Lipinski definition) is 6. The van der Waals surface area contributed by atoms with Gasteiger partial charge >= 0.3 is 0 Å². The Morgan fingerprint density at radius 3 is 2.45 bits per heavy atom. The zero-order valence-corrected chi connectivity index (χ0v) is 19.7. The summed E-state index contributed by atoms with van der Waals surface area (Å²) in [6.45, 7) is 4.28. The number of methoxy groups -OCH3 is 1. The largest absolute Gasteiger partial charge is 0.383 e. The van der Waals surface area contributed by atoms with Crippen molar-refractivity contribution >= 4 is 21.9 Å². The van der Waals surface area contributed by atoms with Gasteiger partial charge in [-0.25, -0.2) is 13.6 Å². The zero-order chi connectivity index (χ0) is 23.8. The average molecular weight is 467 g/mol. The quantitative estimate of drug-likeness (QED) is 0.270. The van der Waals surface area contributed by atoms with E-state index in [1.54, 1.807) is 31.5 Å². The highest BCUT2D eigenvalue weighted by Crippen LogP contribution is 2.29. The number of primary sulfonamides is 1. The maximum absolute atomic E-state index is 12.0. The Labute approximate surface area is 195 Å². The van der Waals surface area contributed by atoms with E-state index in [-0.39, 0.29) is 10.8 Å². The molecule has 7 nitrogen and oxygen atoms in total. The van der Waals surface area contributed by atoms with Crippen LogP contribution in [0, 0.1) is 0 Å². The third-order valence-corrected chi connectivity index (χ3v) is 6.47. The number of benzene rings is 3. The summed E-state index contributed by atoms with van der Waals surface area (Å²) in [5.41, 5.74) is 4.55. The summed E-state index contributed by atoms with van der Waals surface area (Å²) in [5.74, 6) is 5.53. The van der Waals surface area contributed by atoms with Crippen LogP contribution in [0.25, 0.3) is 11.1 Å². The molecule has 0 heterocycles. The van der Waals surface area contributed by atoms with Gasteiger partial charge in [-0.05, 0) is 40.8 Å². The molecule has 0 bridgehead atoms. The number of ether oxygens (including phenoxy) is 1. The van der Waals surface area contributed by atoms with Gasteiger partial charge < -0.3 is 15.5 Å². The normalized spacial score (nSPS) is 12.7. The van der Waals surface area contributed by atoms with Crippen molar-refractivity contribution in [2.75, 3.05) is 31.7 Å². The predicted octanol–water partition coefficient (Wildman–Crippen LogP) is 3.55. The van der Waals surface area contributed by atoms with Gasteiger partial charge in [0.05, 0.1) is 17.7 Å². The third-order valence-electron chi connectivity index (χ3n) is 5.50. The van der Waals surface area contributed by atoms with Gasteiger partial charge in [-0.3, -0.25) is 0 Å². The Morgan fingerprint density at radius 1 is 1.06 bits per heavy atom. The molecular weight excluding hydrogens is 436 g/mol. The summed E-state index contributed by atoms with van der Waals surface area (Å²) in [7, 11) is -2.12. The molecular formula is C25H30N4O3S. The van der Waals surface area contributed by atoms with Gasteiger partial charge in [-0.15, -0.1) is 0 Å². The fourth-order valence-electron chi connectivity index (χ4n) is 3.80. The van der Waals surface area contributed by atoms with E-state index in [1.165, 1.54) is 6.07 Å². The summed E-state index contributed by atoms with van der Waals surface area (Å²) < 4.78 is 29.2. The first-order valence-corrected chi connectivity index (χ1v) is 12.2. The van der Waals surface area contributed by atoms with Crippen LogP contribution in [-0.2, 0) is 14.8 Å². The molecule has 0 fully saturated rings. The summed E-state index contributed by atoms with van der Waals surface area (Å²) in [6, 6.07) is 22.8. The molecule has 1 unspecified atom stereocenters. The molecule has 0 aliphatic heterocycles. The standard InChI is InChI=1S/C25H30N4O3S/c1-19(18-29(14-15-32-2)23-7-5-6-20(16-23)17-28-26)21-10-12-22(13-11-21)24-8-3-4-9-25(24)33(27,30)31/h3-13,16-17,19H,14-15,18,26H2,1-2H3,(H2,27,30,31). The van der Waals surface area contributed by atoms with Crippen molar-refractivity contribution in [1.82, 2.24) is 0 Å². The highest BCUT2D eigenvalue weighted by Gasteiger charge is 2.16. The Bertz CT molecular complexity index is 1190. The summed E-state index contributed by atoms with van der Waals surface area (Å²) in [4.78, 5) is 2.39. The molecule has 0 aliphatic carbocycles. The van der Waals surface area contributed by atoms with E-state index in [2.05, 4.69) is 23.0 Å². The molecule has 0 amide bonds. The molecule has 3 aromatic carbocycles.